The van der Waals surface area contributed by atoms with E-state index in [1.165, 1.54) is 17.0 Å². The maximum atomic E-state index is 13.4. The highest BCUT2D eigenvalue weighted by Crippen LogP contribution is 2.13. The third kappa shape index (κ3) is 3.13. The fourth-order valence-corrected chi connectivity index (χ4v) is 1.75. The molecule has 2 rings (SSSR count). The highest BCUT2D eigenvalue weighted by molar-refractivity contribution is 5.89. The first-order chi connectivity index (χ1) is 9.08. The average Bonchev–Trinajstić information content (AvgIpc) is 2.78. The Morgan fingerprint density at radius 1 is 1.32 bits per heavy atom. The number of carbonyl (C=O) groups excluding carboxylic acids is 1. The van der Waals surface area contributed by atoms with Crippen molar-refractivity contribution in [2.24, 2.45) is 7.05 Å². The number of nitrogens with zero attached hydrogens (tertiary/aromatic N) is 2. The van der Waals surface area contributed by atoms with Crippen LogP contribution in [0.25, 0.3) is 0 Å². The first-order valence-corrected chi connectivity index (χ1v) is 5.95. The molecule has 0 aliphatic carbocycles. The van der Waals surface area contributed by atoms with Gasteiger partial charge in [0.25, 0.3) is 0 Å². The molecular weight excluding hydrogens is 245 g/mol. The molecule has 0 atom stereocenters. The Hall–Kier alpha value is -2.30. The SMILES string of the molecule is CN(Cc1cccn1C)C(=O)Nc1ccccc1F. The molecule has 0 saturated carbocycles. The standard InChI is InChI=1S/C14H16FN3O/c1-17-9-5-6-11(17)10-18(2)14(19)16-13-8-4-3-7-12(13)15/h3-9H,10H2,1-2H3,(H,16,19). The van der Waals surface area contributed by atoms with Crippen molar-refractivity contribution in [3.8, 4) is 0 Å². The number of hydrogen-bond donors (Lipinski definition) is 1. The van der Waals surface area contributed by atoms with E-state index in [4.69, 9.17) is 0 Å². The van der Waals surface area contributed by atoms with Crippen LogP contribution in [0.4, 0.5) is 14.9 Å². The number of aryl methyl sites for hydroxylation is 1. The van der Waals surface area contributed by atoms with Crippen LogP contribution in [0.1, 0.15) is 5.69 Å². The molecule has 4 nitrogen and oxygen atoms in total. The molecule has 0 aliphatic rings. The summed E-state index contributed by atoms with van der Waals surface area (Å²) in [6, 6.07) is 9.61. The number of anilines is 1. The molecule has 1 aromatic carbocycles. The average molecular weight is 261 g/mol. The molecule has 0 bridgehead atoms. The third-order valence-corrected chi connectivity index (χ3v) is 2.91. The van der Waals surface area contributed by atoms with Gasteiger partial charge < -0.3 is 14.8 Å². The zero-order valence-electron chi connectivity index (χ0n) is 10.9. The van der Waals surface area contributed by atoms with E-state index in [9.17, 15) is 9.18 Å². The van der Waals surface area contributed by atoms with Crippen LogP contribution in [0.3, 0.4) is 0 Å². The summed E-state index contributed by atoms with van der Waals surface area (Å²) in [6.45, 7) is 0.462. The number of rotatable bonds is 3. The van der Waals surface area contributed by atoms with E-state index in [0.717, 1.165) is 5.69 Å². The van der Waals surface area contributed by atoms with Crippen molar-refractivity contribution in [1.82, 2.24) is 9.47 Å². The largest absolute Gasteiger partial charge is 0.353 e. The topological polar surface area (TPSA) is 37.3 Å². The van der Waals surface area contributed by atoms with Gasteiger partial charge in [-0.05, 0) is 24.3 Å². The third-order valence-electron chi connectivity index (χ3n) is 2.91. The predicted octanol–water partition coefficient (Wildman–Crippen LogP) is 2.83. The first kappa shape index (κ1) is 13.1. The molecule has 1 N–H and O–H groups in total. The van der Waals surface area contributed by atoms with Crippen molar-refractivity contribution < 1.29 is 9.18 Å². The number of amides is 2. The number of halogens is 1. The van der Waals surface area contributed by atoms with Crippen molar-refractivity contribution >= 4 is 11.7 Å². The lowest BCUT2D eigenvalue weighted by Crippen LogP contribution is -2.31. The van der Waals surface area contributed by atoms with Crippen LogP contribution in [-0.2, 0) is 13.6 Å². The number of hydrogen-bond acceptors (Lipinski definition) is 1. The number of nitrogens with one attached hydrogen (secondary N) is 1. The van der Waals surface area contributed by atoms with Crippen LogP contribution in [0.2, 0.25) is 0 Å². The van der Waals surface area contributed by atoms with Crippen molar-refractivity contribution in [1.29, 1.82) is 0 Å². The lowest BCUT2D eigenvalue weighted by molar-refractivity contribution is 0.219. The summed E-state index contributed by atoms with van der Waals surface area (Å²) in [5.41, 5.74) is 1.19. The van der Waals surface area contributed by atoms with E-state index in [1.807, 2.05) is 29.9 Å². The van der Waals surface area contributed by atoms with E-state index >= 15 is 0 Å². The summed E-state index contributed by atoms with van der Waals surface area (Å²) in [5.74, 6) is -0.442. The van der Waals surface area contributed by atoms with Gasteiger partial charge in [0.1, 0.15) is 5.82 Å². The van der Waals surface area contributed by atoms with Gasteiger partial charge in [0, 0.05) is 26.0 Å². The maximum absolute atomic E-state index is 13.4. The van der Waals surface area contributed by atoms with Crippen molar-refractivity contribution in [2.75, 3.05) is 12.4 Å². The van der Waals surface area contributed by atoms with E-state index in [2.05, 4.69) is 5.32 Å². The second-order valence-corrected chi connectivity index (χ2v) is 4.38. The van der Waals surface area contributed by atoms with Crippen LogP contribution < -0.4 is 5.32 Å². The van der Waals surface area contributed by atoms with Gasteiger partial charge in [-0.2, -0.15) is 0 Å². The molecule has 2 amide bonds. The fraction of sp³-hybridized carbons (Fsp3) is 0.214. The van der Waals surface area contributed by atoms with Crippen LogP contribution in [-0.4, -0.2) is 22.5 Å². The molecule has 0 radical (unpaired) electrons. The second-order valence-electron chi connectivity index (χ2n) is 4.38. The van der Waals surface area contributed by atoms with Crippen LogP contribution in [0.5, 0.6) is 0 Å². The van der Waals surface area contributed by atoms with Gasteiger partial charge in [-0.15, -0.1) is 0 Å². The lowest BCUT2D eigenvalue weighted by Gasteiger charge is -2.18. The molecular formula is C14H16FN3O. The molecule has 1 aromatic heterocycles. The smallest absolute Gasteiger partial charge is 0.322 e. The number of para-hydroxylation sites is 1. The number of urea groups is 1. The van der Waals surface area contributed by atoms with Crippen molar-refractivity contribution in [2.45, 2.75) is 6.54 Å². The van der Waals surface area contributed by atoms with Gasteiger partial charge in [0.2, 0.25) is 0 Å². The zero-order chi connectivity index (χ0) is 13.8. The monoisotopic (exact) mass is 261 g/mol. The first-order valence-electron chi connectivity index (χ1n) is 5.95. The van der Waals surface area contributed by atoms with E-state index < -0.39 is 5.82 Å². The number of aromatic nitrogens is 1. The van der Waals surface area contributed by atoms with Gasteiger partial charge in [0.05, 0.1) is 12.2 Å². The minimum atomic E-state index is -0.442. The van der Waals surface area contributed by atoms with Crippen LogP contribution in [0, 0.1) is 5.82 Å². The Kier molecular flexibility index (Phi) is 3.85. The summed E-state index contributed by atoms with van der Waals surface area (Å²) in [4.78, 5) is 13.4. The van der Waals surface area contributed by atoms with Crippen LogP contribution in [0.15, 0.2) is 42.6 Å². The molecule has 0 unspecified atom stereocenters. The minimum Gasteiger partial charge on any atom is -0.353 e. The zero-order valence-corrected chi connectivity index (χ0v) is 10.9. The normalized spacial score (nSPS) is 10.3. The van der Waals surface area contributed by atoms with Crippen molar-refractivity contribution in [3.05, 3.63) is 54.1 Å². The maximum Gasteiger partial charge on any atom is 0.322 e. The fourth-order valence-electron chi connectivity index (χ4n) is 1.75. The Morgan fingerprint density at radius 3 is 2.68 bits per heavy atom. The number of benzene rings is 1. The quantitative estimate of drug-likeness (QED) is 0.906. The molecule has 0 saturated heterocycles. The Bertz CT molecular complexity index is 580. The highest BCUT2D eigenvalue weighted by Gasteiger charge is 2.12. The molecule has 100 valence electrons. The van der Waals surface area contributed by atoms with Gasteiger partial charge in [-0.1, -0.05) is 12.1 Å². The molecule has 1 heterocycles. The Morgan fingerprint density at radius 2 is 2.05 bits per heavy atom. The lowest BCUT2D eigenvalue weighted by atomic mass is 10.3. The van der Waals surface area contributed by atoms with Gasteiger partial charge >= 0.3 is 6.03 Å². The molecule has 5 heteroatoms. The van der Waals surface area contributed by atoms with Gasteiger partial charge in [-0.3, -0.25) is 0 Å². The van der Waals surface area contributed by atoms with E-state index in [1.54, 1.807) is 19.2 Å². The minimum absolute atomic E-state index is 0.186. The van der Waals surface area contributed by atoms with Gasteiger partial charge in [-0.25, -0.2) is 9.18 Å². The summed E-state index contributed by atoms with van der Waals surface area (Å²) in [5, 5.41) is 2.54. The summed E-state index contributed by atoms with van der Waals surface area (Å²) >= 11 is 0. The predicted molar refractivity (Wildman–Crippen MR) is 72.3 cm³/mol. The molecule has 0 fully saturated rings. The van der Waals surface area contributed by atoms with Crippen LogP contribution >= 0.6 is 0 Å². The highest BCUT2D eigenvalue weighted by atomic mass is 19.1. The molecule has 2 aromatic rings. The number of carbonyl (C=O) groups is 1. The van der Waals surface area contributed by atoms with E-state index in [-0.39, 0.29) is 11.7 Å². The van der Waals surface area contributed by atoms with Crippen molar-refractivity contribution in [3.63, 3.8) is 0 Å². The molecule has 19 heavy (non-hydrogen) atoms. The van der Waals surface area contributed by atoms with E-state index in [0.29, 0.717) is 6.54 Å². The Balaban J connectivity index is 2.00. The molecule has 0 aliphatic heterocycles. The second kappa shape index (κ2) is 5.56. The Labute approximate surface area is 111 Å². The summed E-state index contributed by atoms with van der Waals surface area (Å²) in [7, 11) is 3.58. The summed E-state index contributed by atoms with van der Waals surface area (Å²) < 4.78 is 15.4. The molecule has 0 spiro atoms. The summed E-state index contributed by atoms with van der Waals surface area (Å²) in [6.07, 6.45) is 1.91. The van der Waals surface area contributed by atoms with Gasteiger partial charge in [0.15, 0.2) is 0 Å².